The van der Waals surface area contributed by atoms with Crippen molar-refractivity contribution in [1.29, 1.82) is 0 Å². The van der Waals surface area contributed by atoms with Crippen LogP contribution in [0.15, 0.2) is 36.0 Å². The van der Waals surface area contributed by atoms with Gasteiger partial charge in [-0.05, 0) is 29.6 Å². The van der Waals surface area contributed by atoms with E-state index in [0.29, 0.717) is 16.4 Å². The van der Waals surface area contributed by atoms with Crippen molar-refractivity contribution < 1.29 is 4.79 Å². The van der Waals surface area contributed by atoms with Gasteiger partial charge in [0.25, 0.3) is 0 Å². The second-order valence-corrected chi connectivity index (χ2v) is 5.36. The van der Waals surface area contributed by atoms with Crippen LogP contribution < -0.4 is 11.1 Å². The molecule has 1 amide bonds. The van der Waals surface area contributed by atoms with Crippen LogP contribution in [0.2, 0.25) is 5.02 Å². The smallest absolute Gasteiger partial charge is 0.250 e. The summed E-state index contributed by atoms with van der Waals surface area (Å²) in [6.07, 6.45) is 1.50. The highest BCUT2D eigenvalue weighted by atomic mass is 35.5. The summed E-state index contributed by atoms with van der Waals surface area (Å²) in [7, 11) is 0. The van der Waals surface area contributed by atoms with Crippen LogP contribution in [-0.4, -0.2) is 15.9 Å². The number of primary amides is 1. The van der Waals surface area contributed by atoms with Gasteiger partial charge in [0, 0.05) is 5.69 Å². The number of amides is 1. The van der Waals surface area contributed by atoms with E-state index in [1.54, 1.807) is 29.5 Å². The molecule has 100 valence electrons. The standard InChI is InChI=1S/C13H9ClN4OS/c14-9-5-7(1-2-8(9)12(15)19)18-13-11-10(3-4-20-11)16-6-17-13/h1-6H,(H2,15,19)(H,16,17,18). The zero-order valence-corrected chi connectivity index (χ0v) is 11.7. The number of carbonyl (C=O) groups is 1. The van der Waals surface area contributed by atoms with Crippen LogP contribution in [0.4, 0.5) is 11.5 Å². The summed E-state index contributed by atoms with van der Waals surface area (Å²) >= 11 is 7.57. The van der Waals surface area contributed by atoms with Crippen LogP contribution in [0.1, 0.15) is 10.4 Å². The molecule has 0 fully saturated rings. The predicted octanol–water partition coefficient (Wildman–Crippen LogP) is 3.19. The largest absolute Gasteiger partial charge is 0.366 e. The zero-order valence-electron chi connectivity index (χ0n) is 10.1. The van der Waals surface area contributed by atoms with Gasteiger partial charge >= 0.3 is 0 Å². The molecule has 7 heteroatoms. The lowest BCUT2D eigenvalue weighted by molar-refractivity contribution is 0.100. The monoisotopic (exact) mass is 304 g/mol. The number of halogens is 1. The molecule has 3 rings (SSSR count). The molecule has 3 N–H and O–H groups in total. The van der Waals surface area contributed by atoms with Crippen LogP contribution >= 0.6 is 22.9 Å². The van der Waals surface area contributed by atoms with E-state index >= 15 is 0 Å². The van der Waals surface area contributed by atoms with Gasteiger partial charge in [-0.25, -0.2) is 9.97 Å². The maximum Gasteiger partial charge on any atom is 0.250 e. The molecule has 3 aromatic rings. The van der Waals surface area contributed by atoms with Gasteiger partial charge in [-0.1, -0.05) is 11.6 Å². The molecule has 0 saturated carbocycles. The Labute approximate surface area is 123 Å². The van der Waals surface area contributed by atoms with E-state index in [0.717, 1.165) is 15.9 Å². The number of carbonyl (C=O) groups excluding carboxylic acids is 1. The maximum atomic E-state index is 11.1. The third-order valence-corrected chi connectivity index (χ3v) is 3.96. The van der Waals surface area contributed by atoms with Gasteiger partial charge in [-0.15, -0.1) is 11.3 Å². The van der Waals surface area contributed by atoms with Gasteiger partial charge < -0.3 is 11.1 Å². The van der Waals surface area contributed by atoms with Crippen molar-refractivity contribution in [3.8, 4) is 0 Å². The van der Waals surface area contributed by atoms with Gasteiger partial charge in [0.15, 0.2) is 5.82 Å². The summed E-state index contributed by atoms with van der Waals surface area (Å²) in [6.45, 7) is 0. The summed E-state index contributed by atoms with van der Waals surface area (Å²) in [4.78, 5) is 19.5. The molecule has 0 bridgehead atoms. The summed E-state index contributed by atoms with van der Waals surface area (Å²) < 4.78 is 0.961. The number of thiophene rings is 1. The Kier molecular flexibility index (Phi) is 3.25. The molecule has 1 aromatic carbocycles. The Bertz CT molecular complexity index is 802. The SMILES string of the molecule is NC(=O)c1ccc(Nc2ncnc3ccsc23)cc1Cl. The fourth-order valence-electron chi connectivity index (χ4n) is 1.81. The number of aromatic nitrogens is 2. The molecular weight excluding hydrogens is 296 g/mol. The van der Waals surface area contributed by atoms with Gasteiger partial charge in [0.2, 0.25) is 5.91 Å². The predicted molar refractivity (Wildman–Crippen MR) is 80.7 cm³/mol. The molecule has 0 saturated heterocycles. The molecule has 5 nitrogen and oxygen atoms in total. The van der Waals surface area contributed by atoms with Gasteiger partial charge in [0.1, 0.15) is 6.33 Å². The van der Waals surface area contributed by atoms with E-state index in [4.69, 9.17) is 17.3 Å². The quantitative estimate of drug-likeness (QED) is 0.778. The van der Waals surface area contributed by atoms with E-state index in [2.05, 4.69) is 15.3 Å². The molecule has 0 aliphatic rings. The molecule has 2 heterocycles. The Balaban J connectivity index is 1.97. The highest BCUT2D eigenvalue weighted by Crippen LogP contribution is 2.29. The first-order valence-corrected chi connectivity index (χ1v) is 6.95. The maximum absolute atomic E-state index is 11.1. The normalized spacial score (nSPS) is 10.7. The number of fused-ring (bicyclic) bond motifs is 1. The summed E-state index contributed by atoms with van der Waals surface area (Å²) in [5.41, 5.74) is 7.12. The Hall–Kier alpha value is -2.18. The first-order valence-electron chi connectivity index (χ1n) is 5.70. The average Bonchev–Trinajstić information content (AvgIpc) is 2.87. The fourth-order valence-corrected chi connectivity index (χ4v) is 2.87. The molecule has 0 aliphatic carbocycles. The van der Waals surface area contributed by atoms with E-state index in [1.807, 2.05) is 11.4 Å². The minimum absolute atomic E-state index is 0.293. The van der Waals surface area contributed by atoms with E-state index in [-0.39, 0.29) is 0 Å². The number of benzene rings is 1. The minimum Gasteiger partial charge on any atom is -0.366 e. The van der Waals surface area contributed by atoms with Gasteiger partial charge in [-0.3, -0.25) is 4.79 Å². The summed E-state index contributed by atoms with van der Waals surface area (Å²) in [6, 6.07) is 6.88. The Morgan fingerprint density at radius 3 is 2.90 bits per heavy atom. The summed E-state index contributed by atoms with van der Waals surface area (Å²) in [5.74, 6) is 0.150. The van der Waals surface area contributed by atoms with Crippen LogP contribution in [0, 0.1) is 0 Å². The second-order valence-electron chi connectivity index (χ2n) is 4.04. The van der Waals surface area contributed by atoms with Gasteiger partial charge in [0.05, 0.1) is 20.8 Å². The van der Waals surface area contributed by atoms with E-state index < -0.39 is 5.91 Å². The molecule has 0 atom stereocenters. The number of hydrogen-bond donors (Lipinski definition) is 2. The first kappa shape index (κ1) is 12.8. The molecule has 2 aromatic heterocycles. The van der Waals surface area contributed by atoms with E-state index in [9.17, 15) is 4.79 Å². The highest BCUT2D eigenvalue weighted by Gasteiger charge is 2.09. The molecule has 0 aliphatic heterocycles. The van der Waals surface area contributed by atoms with Crippen molar-refractivity contribution in [3.63, 3.8) is 0 Å². The second kappa shape index (κ2) is 5.07. The number of rotatable bonds is 3. The fraction of sp³-hybridized carbons (Fsp3) is 0. The minimum atomic E-state index is -0.552. The van der Waals surface area contributed by atoms with Crippen molar-refractivity contribution >= 4 is 50.6 Å². The lowest BCUT2D eigenvalue weighted by Crippen LogP contribution is -2.11. The number of nitrogens with one attached hydrogen (secondary N) is 1. The average molecular weight is 305 g/mol. The first-order chi connectivity index (χ1) is 9.65. The van der Waals surface area contributed by atoms with Gasteiger partial charge in [-0.2, -0.15) is 0 Å². The topological polar surface area (TPSA) is 80.9 Å². The van der Waals surface area contributed by atoms with Crippen molar-refractivity contribution in [2.75, 3.05) is 5.32 Å². The molecule has 20 heavy (non-hydrogen) atoms. The third-order valence-electron chi connectivity index (χ3n) is 2.74. The van der Waals surface area contributed by atoms with Crippen LogP contribution in [0.25, 0.3) is 10.2 Å². The number of anilines is 2. The van der Waals surface area contributed by atoms with Crippen LogP contribution in [0.5, 0.6) is 0 Å². The van der Waals surface area contributed by atoms with Crippen LogP contribution in [0.3, 0.4) is 0 Å². The number of nitrogens with two attached hydrogens (primary N) is 1. The highest BCUT2D eigenvalue weighted by molar-refractivity contribution is 7.17. The molecular formula is C13H9ClN4OS. The Morgan fingerprint density at radius 2 is 2.15 bits per heavy atom. The van der Waals surface area contributed by atoms with Crippen molar-refractivity contribution in [2.45, 2.75) is 0 Å². The lowest BCUT2D eigenvalue weighted by Gasteiger charge is -2.08. The van der Waals surface area contributed by atoms with Crippen molar-refractivity contribution in [1.82, 2.24) is 9.97 Å². The van der Waals surface area contributed by atoms with E-state index in [1.165, 1.54) is 6.33 Å². The Morgan fingerprint density at radius 1 is 1.30 bits per heavy atom. The van der Waals surface area contributed by atoms with Crippen LogP contribution in [-0.2, 0) is 0 Å². The lowest BCUT2D eigenvalue weighted by atomic mass is 10.2. The summed E-state index contributed by atoms with van der Waals surface area (Å²) in [5, 5.41) is 5.42. The molecule has 0 unspecified atom stereocenters. The van der Waals surface area contributed by atoms with Crippen molar-refractivity contribution in [3.05, 3.63) is 46.6 Å². The molecule has 0 spiro atoms. The van der Waals surface area contributed by atoms with Crippen molar-refractivity contribution in [2.24, 2.45) is 5.73 Å². The third kappa shape index (κ3) is 2.31. The molecule has 0 radical (unpaired) electrons. The number of hydrogen-bond acceptors (Lipinski definition) is 5. The zero-order chi connectivity index (χ0) is 14.1. The number of nitrogens with zero attached hydrogens (tertiary/aromatic N) is 2.